The number of hydrogen-bond donors (Lipinski definition) is 1. The van der Waals surface area contributed by atoms with Crippen LogP contribution < -0.4 is 15.0 Å². The minimum atomic E-state index is -0.792. The number of anilines is 1. The predicted octanol–water partition coefficient (Wildman–Crippen LogP) is 5.46. The summed E-state index contributed by atoms with van der Waals surface area (Å²) in [6, 6.07) is 20.8. The molecule has 6 nitrogen and oxygen atoms in total. The van der Waals surface area contributed by atoms with E-state index in [1.807, 2.05) is 36.4 Å². The maximum absolute atomic E-state index is 13.1. The number of amides is 4. The molecule has 32 heavy (non-hydrogen) atoms. The van der Waals surface area contributed by atoms with Gasteiger partial charge in [0.25, 0.3) is 11.8 Å². The first-order valence-corrected chi connectivity index (χ1v) is 11.1. The van der Waals surface area contributed by atoms with Crippen LogP contribution in [-0.4, -0.2) is 17.8 Å². The van der Waals surface area contributed by atoms with Gasteiger partial charge in [-0.1, -0.05) is 64.5 Å². The fourth-order valence-electron chi connectivity index (χ4n) is 3.19. The van der Waals surface area contributed by atoms with Crippen molar-refractivity contribution in [1.82, 2.24) is 5.32 Å². The molecule has 3 aromatic carbocycles. The van der Waals surface area contributed by atoms with Gasteiger partial charge < -0.3 is 4.74 Å². The first-order chi connectivity index (χ1) is 15.4. The van der Waals surface area contributed by atoms with E-state index in [2.05, 4.69) is 37.2 Å². The lowest BCUT2D eigenvalue weighted by atomic mass is 10.1. The molecule has 1 N–H and O–H groups in total. The zero-order chi connectivity index (χ0) is 22.7. The second kappa shape index (κ2) is 9.50. The van der Waals surface area contributed by atoms with Gasteiger partial charge in [-0.15, -0.1) is 0 Å². The van der Waals surface area contributed by atoms with Crippen molar-refractivity contribution in [2.75, 3.05) is 4.90 Å². The number of hydrogen-bond acceptors (Lipinski definition) is 4. The molecule has 0 aromatic heterocycles. The first kappa shape index (κ1) is 22.0. The van der Waals surface area contributed by atoms with Crippen molar-refractivity contribution in [2.45, 2.75) is 6.61 Å². The summed E-state index contributed by atoms with van der Waals surface area (Å²) in [6.07, 6.45) is 1.43. The second-order valence-corrected chi connectivity index (χ2v) is 8.64. The Kier molecular flexibility index (Phi) is 6.53. The van der Waals surface area contributed by atoms with Crippen LogP contribution in [0.4, 0.5) is 10.5 Å². The normalized spacial score (nSPS) is 15.1. The summed E-state index contributed by atoms with van der Waals surface area (Å²) in [5.74, 6) is -1.01. The minimum Gasteiger partial charge on any atom is -0.487 e. The Labute approximate surface area is 201 Å². The van der Waals surface area contributed by atoms with Gasteiger partial charge in [0, 0.05) is 10.0 Å². The van der Waals surface area contributed by atoms with Crippen LogP contribution in [0.25, 0.3) is 6.08 Å². The molecule has 0 saturated carbocycles. The van der Waals surface area contributed by atoms with Gasteiger partial charge in [-0.2, -0.15) is 0 Å². The van der Waals surface area contributed by atoms with Gasteiger partial charge in [0.15, 0.2) is 0 Å². The molecule has 1 heterocycles. The third kappa shape index (κ3) is 4.66. The van der Waals surface area contributed by atoms with Gasteiger partial charge in [-0.25, -0.2) is 9.69 Å². The summed E-state index contributed by atoms with van der Waals surface area (Å²) in [6.45, 7) is 0.298. The molecule has 0 radical (unpaired) electrons. The lowest BCUT2D eigenvalue weighted by Crippen LogP contribution is -2.54. The summed E-state index contributed by atoms with van der Waals surface area (Å²) in [4.78, 5) is 39.0. The fraction of sp³-hybridized carbons (Fsp3) is 0.0417. The van der Waals surface area contributed by atoms with Gasteiger partial charge in [0.05, 0.1) is 10.2 Å². The molecular formula is C24H16Br2N2O4. The molecule has 4 rings (SSSR count). The van der Waals surface area contributed by atoms with Crippen LogP contribution in [0.2, 0.25) is 0 Å². The number of para-hydroxylation sites is 1. The van der Waals surface area contributed by atoms with Crippen LogP contribution in [0.5, 0.6) is 5.75 Å². The topological polar surface area (TPSA) is 75.7 Å². The van der Waals surface area contributed by atoms with Gasteiger partial charge in [0.2, 0.25) is 0 Å². The first-order valence-electron chi connectivity index (χ1n) is 9.56. The number of urea groups is 1. The number of carbonyl (C=O) groups excluding carboxylic acids is 3. The molecule has 160 valence electrons. The van der Waals surface area contributed by atoms with Gasteiger partial charge in [0.1, 0.15) is 17.9 Å². The standard InChI is InChI=1S/C24H16Br2N2O4/c25-17-11-16(21(20(26)13-17)32-14-15-7-3-1-4-8-15)12-19-22(29)27-24(31)28(23(19)30)18-9-5-2-6-10-18/h1-13H,14H2,(H,27,29,31)/b19-12+. The summed E-state index contributed by atoms with van der Waals surface area (Å²) < 4.78 is 7.39. The highest BCUT2D eigenvalue weighted by molar-refractivity contribution is 9.11. The van der Waals surface area contributed by atoms with E-state index in [4.69, 9.17) is 4.74 Å². The Balaban J connectivity index is 1.72. The highest BCUT2D eigenvalue weighted by atomic mass is 79.9. The molecule has 1 saturated heterocycles. The molecule has 3 aromatic rings. The number of barbiturate groups is 1. The van der Waals surface area contributed by atoms with Crippen LogP contribution in [-0.2, 0) is 16.2 Å². The van der Waals surface area contributed by atoms with Crippen molar-refractivity contribution in [1.29, 1.82) is 0 Å². The predicted molar refractivity (Wildman–Crippen MR) is 128 cm³/mol. The zero-order valence-corrected chi connectivity index (χ0v) is 19.7. The molecule has 0 aliphatic carbocycles. The van der Waals surface area contributed by atoms with E-state index in [-0.39, 0.29) is 5.57 Å². The van der Waals surface area contributed by atoms with Gasteiger partial charge in [-0.3, -0.25) is 14.9 Å². The van der Waals surface area contributed by atoms with Gasteiger partial charge >= 0.3 is 6.03 Å². The number of imide groups is 2. The molecule has 0 unspecified atom stereocenters. The third-order valence-electron chi connectivity index (χ3n) is 4.68. The molecule has 4 amide bonds. The van der Waals surface area contributed by atoms with Crippen LogP contribution in [0.3, 0.4) is 0 Å². The van der Waals surface area contributed by atoms with Crippen LogP contribution in [0.15, 0.2) is 87.3 Å². The SMILES string of the molecule is O=C1NC(=O)N(c2ccccc2)C(=O)/C1=C/c1cc(Br)cc(Br)c1OCc1ccccc1. The summed E-state index contributed by atoms with van der Waals surface area (Å²) in [5, 5.41) is 2.23. The highest BCUT2D eigenvalue weighted by Gasteiger charge is 2.37. The van der Waals surface area contributed by atoms with Crippen molar-refractivity contribution in [3.8, 4) is 5.75 Å². The molecule has 0 bridgehead atoms. The number of ether oxygens (including phenoxy) is 1. The average molecular weight is 556 g/mol. The van der Waals surface area contributed by atoms with Gasteiger partial charge in [-0.05, 0) is 51.8 Å². The van der Waals surface area contributed by atoms with Crippen molar-refractivity contribution >= 4 is 61.5 Å². The van der Waals surface area contributed by atoms with Crippen LogP contribution >= 0.6 is 31.9 Å². The molecular weight excluding hydrogens is 540 g/mol. The molecule has 0 atom stereocenters. The van der Waals surface area contributed by atoms with E-state index >= 15 is 0 Å². The van der Waals surface area contributed by atoms with Crippen molar-refractivity contribution in [3.05, 3.63) is 98.4 Å². The Bertz CT molecular complexity index is 1230. The number of carbonyl (C=O) groups is 3. The number of nitrogens with one attached hydrogen (secondary N) is 1. The fourth-order valence-corrected chi connectivity index (χ4v) is 4.57. The molecule has 8 heteroatoms. The maximum Gasteiger partial charge on any atom is 0.335 e. The number of benzene rings is 3. The summed E-state index contributed by atoms with van der Waals surface area (Å²) in [7, 11) is 0. The Morgan fingerprint density at radius 2 is 1.56 bits per heavy atom. The quantitative estimate of drug-likeness (QED) is 0.335. The molecule has 1 aliphatic heterocycles. The van der Waals surface area contributed by atoms with E-state index < -0.39 is 17.8 Å². The number of nitrogens with zero attached hydrogens (tertiary/aromatic N) is 1. The van der Waals surface area contributed by atoms with E-state index in [0.717, 1.165) is 14.9 Å². The monoisotopic (exact) mass is 554 g/mol. The number of rotatable bonds is 5. The molecule has 1 fully saturated rings. The van der Waals surface area contributed by atoms with Crippen molar-refractivity contribution in [2.24, 2.45) is 0 Å². The van der Waals surface area contributed by atoms with Crippen molar-refractivity contribution < 1.29 is 19.1 Å². The van der Waals surface area contributed by atoms with E-state index in [1.165, 1.54) is 6.08 Å². The third-order valence-corrected chi connectivity index (χ3v) is 5.73. The largest absolute Gasteiger partial charge is 0.487 e. The summed E-state index contributed by atoms with van der Waals surface area (Å²) >= 11 is 6.92. The Hall–Kier alpha value is -3.23. The number of halogens is 2. The summed E-state index contributed by atoms with van der Waals surface area (Å²) in [5.41, 5.74) is 1.66. The van der Waals surface area contributed by atoms with E-state index in [9.17, 15) is 14.4 Å². The van der Waals surface area contributed by atoms with Crippen LogP contribution in [0, 0.1) is 0 Å². The smallest absolute Gasteiger partial charge is 0.335 e. The zero-order valence-electron chi connectivity index (χ0n) is 16.5. The molecule has 0 spiro atoms. The minimum absolute atomic E-state index is 0.178. The Morgan fingerprint density at radius 3 is 2.25 bits per heavy atom. The second-order valence-electron chi connectivity index (χ2n) is 6.87. The lowest BCUT2D eigenvalue weighted by Gasteiger charge is -2.26. The van der Waals surface area contributed by atoms with Crippen molar-refractivity contribution in [3.63, 3.8) is 0 Å². The van der Waals surface area contributed by atoms with Crippen LogP contribution in [0.1, 0.15) is 11.1 Å². The average Bonchev–Trinajstić information content (AvgIpc) is 2.77. The highest BCUT2D eigenvalue weighted by Crippen LogP contribution is 2.35. The maximum atomic E-state index is 13.1. The van der Waals surface area contributed by atoms with E-state index in [0.29, 0.717) is 28.1 Å². The lowest BCUT2D eigenvalue weighted by molar-refractivity contribution is -0.122. The van der Waals surface area contributed by atoms with E-state index in [1.54, 1.807) is 36.4 Å². The molecule has 1 aliphatic rings. The Morgan fingerprint density at radius 1 is 0.906 bits per heavy atom.